The first-order valence-corrected chi connectivity index (χ1v) is 13.7. The molecule has 204 valence electrons. The van der Waals surface area contributed by atoms with Gasteiger partial charge in [0, 0.05) is 48.5 Å². The lowest BCUT2D eigenvalue weighted by molar-refractivity contribution is 0.0746. The maximum Gasteiger partial charge on any atom is 0.274 e. The number of nitrogens with zero attached hydrogens (tertiary/aromatic N) is 3. The summed E-state index contributed by atoms with van der Waals surface area (Å²) in [4.78, 5) is 32.2. The third kappa shape index (κ3) is 4.81. The van der Waals surface area contributed by atoms with E-state index < -0.39 is 0 Å². The summed E-state index contributed by atoms with van der Waals surface area (Å²) in [6.45, 7) is 1.59. The van der Waals surface area contributed by atoms with E-state index >= 15 is 0 Å². The minimum absolute atomic E-state index is 0.173. The van der Waals surface area contributed by atoms with Crippen LogP contribution in [0.5, 0.6) is 11.5 Å². The van der Waals surface area contributed by atoms with Gasteiger partial charge >= 0.3 is 0 Å². The number of aromatic amines is 1. The van der Waals surface area contributed by atoms with Crippen LogP contribution in [0, 0.1) is 0 Å². The van der Waals surface area contributed by atoms with Gasteiger partial charge in [-0.1, -0.05) is 42.5 Å². The number of benzene rings is 3. The molecule has 1 aliphatic rings. The maximum atomic E-state index is 14.0. The molecule has 5 aromatic rings. The summed E-state index contributed by atoms with van der Waals surface area (Å²) >= 11 is 0. The Kier molecular flexibility index (Phi) is 6.99. The molecule has 3 aromatic carbocycles. The normalized spacial score (nSPS) is 14.4. The molecule has 6 rings (SSSR count). The topological polar surface area (TPSA) is 89.4 Å². The fourth-order valence-electron chi connectivity index (χ4n) is 5.60. The first kappa shape index (κ1) is 25.7. The first-order chi connectivity index (χ1) is 19.5. The fourth-order valence-corrected chi connectivity index (χ4v) is 5.60. The Hall–Kier alpha value is -4.59. The van der Waals surface area contributed by atoms with Crippen LogP contribution in [0.3, 0.4) is 0 Å². The zero-order valence-electron chi connectivity index (χ0n) is 22.8. The lowest BCUT2D eigenvalue weighted by atomic mass is 10.0. The van der Waals surface area contributed by atoms with Gasteiger partial charge in [0.1, 0.15) is 0 Å². The Morgan fingerprint density at radius 1 is 0.975 bits per heavy atom. The predicted molar refractivity (Wildman–Crippen MR) is 155 cm³/mol. The zero-order valence-corrected chi connectivity index (χ0v) is 22.8. The Bertz CT molecular complexity index is 1770. The Balaban J connectivity index is 1.40. The minimum atomic E-state index is -0.215. The second-order valence-electron chi connectivity index (χ2n) is 10.2. The number of carbonyl (C=O) groups is 1. The molecule has 0 aliphatic carbocycles. The Morgan fingerprint density at radius 3 is 2.58 bits per heavy atom. The van der Waals surface area contributed by atoms with E-state index in [-0.39, 0.29) is 11.5 Å². The van der Waals surface area contributed by atoms with Crippen molar-refractivity contribution < 1.29 is 14.3 Å². The summed E-state index contributed by atoms with van der Waals surface area (Å²) < 4.78 is 12.9. The van der Waals surface area contributed by atoms with Crippen LogP contribution in [0.4, 0.5) is 0 Å². The van der Waals surface area contributed by atoms with Gasteiger partial charge in [0.15, 0.2) is 17.2 Å². The molecule has 0 saturated carbocycles. The predicted octanol–water partition coefficient (Wildman–Crippen LogP) is 4.87. The summed E-state index contributed by atoms with van der Waals surface area (Å²) in [5, 5.41) is 6.65. The first-order valence-electron chi connectivity index (χ1n) is 13.7. The Morgan fingerprint density at radius 2 is 1.75 bits per heavy atom. The van der Waals surface area contributed by atoms with Crippen LogP contribution in [-0.2, 0) is 19.9 Å². The summed E-state index contributed by atoms with van der Waals surface area (Å²) in [6.07, 6.45) is 2.93. The standard InChI is InChI=1S/C32H32N4O4/c1-35-31(37)25-11-4-3-10-24(25)30(34-35)32(38)36-16-7-8-18-40-29-20-21(13-14-28(29)39-2)19-27-23(15-17-36)22-9-5-6-12-26(22)33-27/h3-6,9-14,20,33H,7-8,15-19H2,1-2H3. The molecule has 2 aromatic heterocycles. The number of hydrogen-bond donors (Lipinski definition) is 1. The van der Waals surface area contributed by atoms with E-state index in [1.165, 1.54) is 10.2 Å². The van der Waals surface area contributed by atoms with Gasteiger partial charge in [0.05, 0.1) is 19.1 Å². The van der Waals surface area contributed by atoms with E-state index in [0.29, 0.717) is 54.8 Å². The molecule has 1 amide bonds. The number of nitrogens with one attached hydrogen (secondary N) is 1. The van der Waals surface area contributed by atoms with Gasteiger partial charge in [-0.05, 0) is 54.7 Å². The second kappa shape index (κ2) is 10.9. The molecule has 8 heteroatoms. The summed E-state index contributed by atoms with van der Waals surface area (Å²) in [5.74, 6) is 1.26. The Labute approximate surface area is 232 Å². The molecular weight excluding hydrogens is 504 g/mol. The highest BCUT2D eigenvalue weighted by Crippen LogP contribution is 2.31. The summed E-state index contributed by atoms with van der Waals surface area (Å²) in [6, 6.07) is 21.6. The average molecular weight is 537 g/mol. The lowest BCUT2D eigenvalue weighted by Crippen LogP contribution is -2.36. The lowest BCUT2D eigenvalue weighted by Gasteiger charge is -2.24. The van der Waals surface area contributed by atoms with Gasteiger partial charge in [-0.3, -0.25) is 9.59 Å². The summed E-state index contributed by atoms with van der Waals surface area (Å²) in [5.41, 5.74) is 4.59. The highest BCUT2D eigenvalue weighted by Gasteiger charge is 2.23. The number of methoxy groups -OCH3 is 1. The molecule has 3 heterocycles. The van der Waals surface area contributed by atoms with Crippen LogP contribution >= 0.6 is 0 Å². The van der Waals surface area contributed by atoms with Gasteiger partial charge < -0.3 is 19.4 Å². The molecule has 0 fully saturated rings. The number of para-hydroxylation sites is 1. The van der Waals surface area contributed by atoms with Crippen molar-refractivity contribution in [1.82, 2.24) is 19.7 Å². The van der Waals surface area contributed by atoms with Gasteiger partial charge in [0.2, 0.25) is 0 Å². The quantitative estimate of drug-likeness (QED) is 0.348. The monoisotopic (exact) mass is 536 g/mol. The van der Waals surface area contributed by atoms with Crippen molar-refractivity contribution in [3.05, 3.63) is 99.6 Å². The number of aryl methyl sites for hydroxylation is 1. The number of ether oxygens (including phenoxy) is 2. The molecule has 0 saturated heterocycles. The molecule has 0 atom stereocenters. The molecule has 8 nitrogen and oxygen atoms in total. The van der Waals surface area contributed by atoms with E-state index in [1.54, 1.807) is 26.3 Å². The van der Waals surface area contributed by atoms with E-state index in [4.69, 9.17) is 9.47 Å². The van der Waals surface area contributed by atoms with Crippen molar-refractivity contribution in [2.24, 2.45) is 7.05 Å². The average Bonchev–Trinajstić information content (AvgIpc) is 3.32. The number of amides is 1. The highest BCUT2D eigenvalue weighted by molar-refractivity contribution is 6.04. The van der Waals surface area contributed by atoms with E-state index in [1.807, 2.05) is 35.2 Å². The SMILES string of the molecule is COc1ccc2cc1OCCCCN(C(=O)c1nn(C)c(=O)c3ccccc13)CCc1c([nH]c3ccccc13)C2. The molecule has 0 unspecified atom stereocenters. The number of H-pyrrole nitrogens is 1. The van der Waals surface area contributed by atoms with E-state index in [9.17, 15) is 9.59 Å². The molecular formula is C32H32N4O4. The molecule has 0 radical (unpaired) electrons. The smallest absolute Gasteiger partial charge is 0.274 e. The molecule has 1 aliphatic heterocycles. The highest BCUT2D eigenvalue weighted by atomic mass is 16.5. The van der Waals surface area contributed by atoms with Gasteiger partial charge in [0.25, 0.3) is 11.5 Å². The fraction of sp³-hybridized carbons (Fsp3) is 0.281. The number of aromatic nitrogens is 3. The molecule has 0 spiro atoms. The van der Waals surface area contributed by atoms with Crippen molar-refractivity contribution >= 4 is 27.6 Å². The van der Waals surface area contributed by atoms with Crippen molar-refractivity contribution in [2.45, 2.75) is 25.7 Å². The number of fused-ring (bicyclic) bond motifs is 6. The summed E-state index contributed by atoms with van der Waals surface area (Å²) in [7, 11) is 3.24. The van der Waals surface area contributed by atoms with E-state index in [0.717, 1.165) is 40.8 Å². The molecule has 2 bridgehead atoms. The van der Waals surface area contributed by atoms with Crippen LogP contribution in [0.1, 0.15) is 40.2 Å². The van der Waals surface area contributed by atoms with Crippen LogP contribution in [0.15, 0.2) is 71.5 Å². The minimum Gasteiger partial charge on any atom is -0.493 e. The third-order valence-electron chi connectivity index (χ3n) is 7.67. The number of hydrogen-bond acceptors (Lipinski definition) is 5. The maximum absolute atomic E-state index is 14.0. The van der Waals surface area contributed by atoms with Crippen LogP contribution in [0.2, 0.25) is 0 Å². The van der Waals surface area contributed by atoms with Crippen molar-refractivity contribution in [1.29, 1.82) is 0 Å². The number of rotatable bonds is 2. The van der Waals surface area contributed by atoms with Gasteiger partial charge in [-0.2, -0.15) is 5.10 Å². The van der Waals surface area contributed by atoms with Gasteiger partial charge in [-0.25, -0.2) is 4.68 Å². The van der Waals surface area contributed by atoms with Crippen molar-refractivity contribution in [3.63, 3.8) is 0 Å². The molecule has 1 N–H and O–H groups in total. The molecule has 40 heavy (non-hydrogen) atoms. The van der Waals surface area contributed by atoms with Crippen molar-refractivity contribution in [2.75, 3.05) is 26.8 Å². The van der Waals surface area contributed by atoms with E-state index in [2.05, 4.69) is 34.3 Å². The zero-order chi connectivity index (χ0) is 27.6. The van der Waals surface area contributed by atoms with Crippen molar-refractivity contribution in [3.8, 4) is 11.5 Å². The van der Waals surface area contributed by atoms with Crippen LogP contribution < -0.4 is 15.0 Å². The second-order valence-corrected chi connectivity index (χ2v) is 10.2. The van der Waals surface area contributed by atoms with Crippen LogP contribution in [-0.4, -0.2) is 52.4 Å². The largest absolute Gasteiger partial charge is 0.493 e. The third-order valence-corrected chi connectivity index (χ3v) is 7.67. The number of carbonyl (C=O) groups excluding carboxylic acids is 1. The van der Waals surface area contributed by atoms with Gasteiger partial charge in [-0.15, -0.1) is 0 Å². The van der Waals surface area contributed by atoms with Crippen LogP contribution in [0.25, 0.3) is 21.7 Å².